The van der Waals surface area contributed by atoms with Gasteiger partial charge in [-0.15, -0.1) is 0 Å². The second-order valence-corrected chi connectivity index (χ2v) is 5.35. The summed E-state index contributed by atoms with van der Waals surface area (Å²) in [6.45, 7) is 1.06. The molecule has 1 aliphatic rings. The number of carbonyl (C=O) groups is 1. The minimum absolute atomic E-state index is 0.0371. The number of benzene rings is 1. The van der Waals surface area contributed by atoms with Crippen LogP contribution in [0.15, 0.2) is 42.0 Å². The maximum Gasteiger partial charge on any atom is 0.228 e. The monoisotopic (exact) mass is 272 g/mol. The highest BCUT2D eigenvalue weighted by Gasteiger charge is 2.18. The molecule has 0 radical (unpaired) electrons. The van der Waals surface area contributed by atoms with Crippen molar-refractivity contribution in [1.29, 1.82) is 0 Å². The van der Waals surface area contributed by atoms with Crippen molar-refractivity contribution in [3.63, 3.8) is 0 Å². The Morgan fingerprint density at radius 1 is 1.25 bits per heavy atom. The zero-order valence-corrected chi connectivity index (χ0v) is 12.0. The quantitative estimate of drug-likeness (QED) is 0.782. The van der Waals surface area contributed by atoms with Gasteiger partial charge in [0, 0.05) is 13.1 Å². The molecular formula is C17H24N2O. The van der Waals surface area contributed by atoms with Crippen LogP contribution >= 0.6 is 0 Å². The van der Waals surface area contributed by atoms with Gasteiger partial charge in [-0.05, 0) is 37.7 Å². The molecule has 1 unspecified atom stereocenters. The molecule has 3 nitrogen and oxygen atoms in total. The van der Waals surface area contributed by atoms with Crippen LogP contribution in [0.4, 0.5) is 0 Å². The number of hydrogen-bond donors (Lipinski definition) is 2. The number of hydrogen-bond acceptors (Lipinski definition) is 2. The fourth-order valence-electron chi connectivity index (χ4n) is 2.68. The molecule has 0 aliphatic heterocycles. The lowest BCUT2D eigenvalue weighted by Gasteiger charge is -2.17. The summed E-state index contributed by atoms with van der Waals surface area (Å²) in [7, 11) is 0. The first-order valence-electron chi connectivity index (χ1n) is 7.52. The maximum absolute atomic E-state index is 12.2. The van der Waals surface area contributed by atoms with E-state index >= 15 is 0 Å². The first kappa shape index (κ1) is 14.8. The molecule has 0 fully saturated rings. The minimum Gasteiger partial charge on any atom is -0.355 e. The lowest BCUT2D eigenvalue weighted by Crippen LogP contribution is -2.34. The fraction of sp³-hybridized carbons (Fsp3) is 0.471. The van der Waals surface area contributed by atoms with Crippen LogP contribution in [-0.2, 0) is 4.79 Å². The van der Waals surface area contributed by atoms with E-state index in [0.29, 0.717) is 13.1 Å². The Hall–Kier alpha value is -1.61. The first-order valence-corrected chi connectivity index (χ1v) is 7.52. The van der Waals surface area contributed by atoms with Crippen molar-refractivity contribution in [3.05, 3.63) is 47.5 Å². The molecule has 108 valence electrons. The lowest BCUT2D eigenvalue weighted by atomic mass is 9.96. The zero-order chi connectivity index (χ0) is 14.2. The summed E-state index contributed by atoms with van der Waals surface area (Å²) in [6, 6.07) is 9.75. The molecule has 3 N–H and O–H groups in total. The normalized spacial score (nSPS) is 16.4. The molecule has 1 aromatic rings. The average molecular weight is 272 g/mol. The average Bonchev–Trinajstić information content (AvgIpc) is 2.50. The minimum atomic E-state index is -0.239. The van der Waals surface area contributed by atoms with Crippen molar-refractivity contribution in [1.82, 2.24) is 5.32 Å². The molecule has 1 amide bonds. The van der Waals surface area contributed by atoms with Crippen molar-refractivity contribution in [2.75, 3.05) is 13.1 Å². The summed E-state index contributed by atoms with van der Waals surface area (Å²) in [5, 5.41) is 3.02. The van der Waals surface area contributed by atoms with E-state index in [9.17, 15) is 4.79 Å². The Labute approximate surface area is 121 Å². The number of nitrogens with one attached hydrogen (secondary N) is 1. The molecule has 0 aromatic heterocycles. The Kier molecular flexibility index (Phi) is 5.81. The molecule has 3 heteroatoms. The Morgan fingerprint density at radius 2 is 2.05 bits per heavy atom. The third kappa shape index (κ3) is 4.20. The zero-order valence-electron chi connectivity index (χ0n) is 12.0. The summed E-state index contributed by atoms with van der Waals surface area (Å²) in [5.74, 6) is -0.202. The number of nitrogens with two attached hydrogens (primary N) is 1. The molecule has 0 saturated heterocycles. The molecule has 1 aromatic carbocycles. The molecule has 1 aliphatic carbocycles. The van der Waals surface area contributed by atoms with Gasteiger partial charge in [0.05, 0.1) is 5.92 Å². The molecule has 1 atom stereocenters. The number of rotatable bonds is 6. The van der Waals surface area contributed by atoms with E-state index in [0.717, 1.165) is 12.0 Å². The van der Waals surface area contributed by atoms with Gasteiger partial charge in [-0.25, -0.2) is 0 Å². The maximum atomic E-state index is 12.2. The van der Waals surface area contributed by atoms with E-state index in [1.807, 2.05) is 30.3 Å². The van der Waals surface area contributed by atoms with E-state index in [1.54, 1.807) is 0 Å². The predicted octanol–water partition coefficient (Wildman–Crippen LogP) is 2.74. The Bertz CT molecular complexity index is 453. The highest BCUT2D eigenvalue weighted by Crippen LogP contribution is 2.19. The summed E-state index contributed by atoms with van der Waals surface area (Å²) in [5.41, 5.74) is 8.22. The van der Waals surface area contributed by atoms with Crippen LogP contribution < -0.4 is 11.1 Å². The summed E-state index contributed by atoms with van der Waals surface area (Å²) < 4.78 is 0. The smallest absolute Gasteiger partial charge is 0.228 e. The van der Waals surface area contributed by atoms with Gasteiger partial charge in [0.2, 0.25) is 5.91 Å². The van der Waals surface area contributed by atoms with E-state index < -0.39 is 0 Å². The molecule has 0 saturated carbocycles. The summed E-state index contributed by atoms with van der Waals surface area (Å²) >= 11 is 0. The van der Waals surface area contributed by atoms with Crippen molar-refractivity contribution in [2.24, 2.45) is 5.73 Å². The Balaban J connectivity index is 1.82. The molecule has 2 rings (SSSR count). The third-order valence-corrected chi connectivity index (χ3v) is 3.88. The van der Waals surface area contributed by atoms with Crippen LogP contribution in [0.25, 0.3) is 0 Å². The molecular weight excluding hydrogens is 248 g/mol. The van der Waals surface area contributed by atoms with Crippen molar-refractivity contribution >= 4 is 5.91 Å². The van der Waals surface area contributed by atoms with Crippen LogP contribution in [0, 0.1) is 0 Å². The van der Waals surface area contributed by atoms with Gasteiger partial charge in [-0.2, -0.15) is 0 Å². The van der Waals surface area contributed by atoms with E-state index in [4.69, 9.17) is 5.73 Å². The molecule has 0 bridgehead atoms. The van der Waals surface area contributed by atoms with Crippen molar-refractivity contribution < 1.29 is 4.79 Å². The standard InChI is InChI=1S/C17H24N2O/c18-13-16(15-9-5-2-6-10-15)17(20)19-12-11-14-7-3-1-4-8-14/h2,5-7,9-10,16H,1,3-4,8,11-13,18H2,(H,19,20). The van der Waals surface area contributed by atoms with Crippen molar-refractivity contribution in [3.8, 4) is 0 Å². The van der Waals surface area contributed by atoms with Crippen LogP contribution in [0.3, 0.4) is 0 Å². The van der Waals surface area contributed by atoms with Crippen LogP contribution in [-0.4, -0.2) is 19.0 Å². The summed E-state index contributed by atoms with van der Waals surface area (Å²) in [4.78, 5) is 12.2. The highest BCUT2D eigenvalue weighted by molar-refractivity contribution is 5.83. The number of carbonyl (C=O) groups excluding carboxylic acids is 1. The Morgan fingerprint density at radius 3 is 2.70 bits per heavy atom. The lowest BCUT2D eigenvalue weighted by molar-refractivity contribution is -0.122. The van der Waals surface area contributed by atoms with Gasteiger partial charge in [0.15, 0.2) is 0 Å². The van der Waals surface area contributed by atoms with Crippen molar-refractivity contribution in [2.45, 2.75) is 38.0 Å². The van der Waals surface area contributed by atoms with Gasteiger partial charge in [-0.3, -0.25) is 4.79 Å². The second kappa shape index (κ2) is 7.85. The van der Waals surface area contributed by atoms with Crippen LogP contribution in [0.2, 0.25) is 0 Å². The summed E-state index contributed by atoms with van der Waals surface area (Å²) in [6.07, 6.45) is 8.27. The first-order chi connectivity index (χ1) is 9.81. The fourth-order valence-corrected chi connectivity index (χ4v) is 2.68. The van der Waals surface area contributed by atoms with Gasteiger partial charge in [0.1, 0.15) is 0 Å². The second-order valence-electron chi connectivity index (χ2n) is 5.35. The predicted molar refractivity (Wildman–Crippen MR) is 82.4 cm³/mol. The SMILES string of the molecule is NCC(C(=O)NCCC1=CCCCC1)c1ccccc1. The third-order valence-electron chi connectivity index (χ3n) is 3.88. The number of allylic oxidation sites excluding steroid dienone is 1. The van der Waals surface area contributed by atoms with Gasteiger partial charge < -0.3 is 11.1 Å². The van der Waals surface area contributed by atoms with E-state index in [1.165, 1.54) is 31.3 Å². The van der Waals surface area contributed by atoms with E-state index in [2.05, 4.69) is 11.4 Å². The van der Waals surface area contributed by atoms with Crippen LogP contribution in [0.1, 0.15) is 43.6 Å². The van der Waals surface area contributed by atoms with Crippen LogP contribution in [0.5, 0.6) is 0 Å². The topological polar surface area (TPSA) is 55.1 Å². The van der Waals surface area contributed by atoms with Gasteiger partial charge >= 0.3 is 0 Å². The molecule has 0 spiro atoms. The largest absolute Gasteiger partial charge is 0.355 e. The molecule has 20 heavy (non-hydrogen) atoms. The van der Waals surface area contributed by atoms with Gasteiger partial charge in [-0.1, -0.05) is 42.0 Å². The van der Waals surface area contributed by atoms with Gasteiger partial charge in [0.25, 0.3) is 0 Å². The molecule has 0 heterocycles. The highest BCUT2D eigenvalue weighted by atomic mass is 16.1. The number of amides is 1. The van der Waals surface area contributed by atoms with E-state index in [-0.39, 0.29) is 11.8 Å².